The number of amides is 2. The summed E-state index contributed by atoms with van der Waals surface area (Å²) in [5.41, 5.74) is 0.630. The van der Waals surface area contributed by atoms with E-state index in [1.54, 1.807) is 19.2 Å². The zero-order chi connectivity index (χ0) is 14.4. The third kappa shape index (κ3) is 4.74. The molecule has 19 heavy (non-hydrogen) atoms. The molecule has 0 radical (unpaired) electrons. The molecular formula is C11H17N3O4S. The molecule has 0 aromatic carbocycles. The molecule has 106 valence electrons. The van der Waals surface area contributed by atoms with Crippen molar-refractivity contribution in [3.8, 4) is 0 Å². The summed E-state index contributed by atoms with van der Waals surface area (Å²) in [6, 6.07) is -0.729. The maximum Gasteiger partial charge on any atom is 0.317 e. The summed E-state index contributed by atoms with van der Waals surface area (Å²) in [7, 11) is 0. The second-order valence-electron chi connectivity index (χ2n) is 4.07. The van der Waals surface area contributed by atoms with E-state index in [1.807, 2.05) is 0 Å². The molecule has 0 aliphatic rings. The number of carboxylic acids is 1. The molecule has 0 saturated heterocycles. The molecule has 0 bridgehead atoms. The molecule has 8 heteroatoms. The van der Waals surface area contributed by atoms with Crippen molar-refractivity contribution in [2.45, 2.75) is 32.9 Å². The summed E-state index contributed by atoms with van der Waals surface area (Å²) in [6.07, 6.45) is -0.101. The normalized spacial score (nSPS) is 11.9. The highest BCUT2D eigenvalue weighted by Crippen LogP contribution is 2.05. The SMILES string of the molecule is CCN(C(=O)NCc1csc(=O)[nH]1)C(C)CC(=O)O. The molecule has 1 heterocycles. The minimum absolute atomic E-state index is 0.101. The minimum Gasteiger partial charge on any atom is -0.481 e. The lowest BCUT2D eigenvalue weighted by atomic mass is 10.2. The van der Waals surface area contributed by atoms with E-state index < -0.39 is 5.97 Å². The minimum atomic E-state index is -0.944. The van der Waals surface area contributed by atoms with Gasteiger partial charge >= 0.3 is 16.9 Å². The average Bonchev–Trinajstić information content (AvgIpc) is 2.72. The maximum atomic E-state index is 11.9. The highest BCUT2D eigenvalue weighted by Gasteiger charge is 2.20. The van der Waals surface area contributed by atoms with Crippen molar-refractivity contribution >= 4 is 23.3 Å². The Morgan fingerprint density at radius 2 is 2.26 bits per heavy atom. The Morgan fingerprint density at radius 1 is 1.58 bits per heavy atom. The van der Waals surface area contributed by atoms with E-state index in [4.69, 9.17) is 5.11 Å². The molecule has 7 nitrogen and oxygen atoms in total. The fourth-order valence-corrected chi connectivity index (χ4v) is 2.27. The van der Waals surface area contributed by atoms with Gasteiger partial charge in [0.05, 0.1) is 13.0 Å². The van der Waals surface area contributed by atoms with Gasteiger partial charge in [-0.2, -0.15) is 0 Å². The number of aliphatic carboxylic acids is 1. The lowest BCUT2D eigenvalue weighted by Gasteiger charge is -2.27. The van der Waals surface area contributed by atoms with Crippen LogP contribution in [0.3, 0.4) is 0 Å². The smallest absolute Gasteiger partial charge is 0.317 e. The topological polar surface area (TPSA) is 103 Å². The van der Waals surface area contributed by atoms with Crippen LogP contribution in [0.1, 0.15) is 26.0 Å². The van der Waals surface area contributed by atoms with Crippen LogP contribution < -0.4 is 10.2 Å². The molecule has 1 aromatic rings. The van der Waals surface area contributed by atoms with Crippen LogP contribution in [-0.2, 0) is 11.3 Å². The Balaban J connectivity index is 2.54. The molecule has 3 N–H and O–H groups in total. The molecule has 0 spiro atoms. The Kier molecular flexibility index (Phi) is 5.56. The number of urea groups is 1. The molecular weight excluding hydrogens is 270 g/mol. The van der Waals surface area contributed by atoms with Gasteiger partial charge in [-0.05, 0) is 13.8 Å². The summed E-state index contributed by atoms with van der Waals surface area (Å²) in [5, 5.41) is 13.0. The second kappa shape index (κ2) is 6.93. The predicted octanol–water partition coefficient (Wildman–Crippen LogP) is 0.831. The van der Waals surface area contributed by atoms with E-state index in [9.17, 15) is 14.4 Å². The highest BCUT2D eigenvalue weighted by atomic mass is 32.1. The van der Waals surface area contributed by atoms with Gasteiger partial charge in [-0.15, -0.1) is 0 Å². The van der Waals surface area contributed by atoms with Crippen molar-refractivity contribution in [2.24, 2.45) is 0 Å². The first-order chi connectivity index (χ1) is 8.93. The number of hydrogen-bond acceptors (Lipinski definition) is 4. The van der Waals surface area contributed by atoms with Gasteiger partial charge < -0.3 is 20.3 Å². The summed E-state index contributed by atoms with van der Waals surface area (Å²) in [5.74, 6) is -0.944. The van der Waals surface area contributed by atoms with Gasteiger partial charge in [-0.25, -0.2) is 4.79 Å². The quantitative estimate of drug-likeness (QED) is 0.721. The van der Waals surface area contributed by atoms with Crippen molar-refractivity contribution in [2.75, 3.05) is 6.54 Å². The zero-order valence-corrected chi connectivity index (χ0v) is 11.6. The number of carbonyl (C=O) groups is 2. The van der Waals surface area contributed by atoms with E-state index in [-0.39, 0.29) is 29.9 Å². The van der Waals surface area contributed by atoms with Crippen LogP contribution in [0, 0.1) is 0 Å². The van der Waals surface area contributed by atoms with Crippen LogP contribution in [-0.4, -0.2) is 39.6 Å². The Hall–Kier alpha value is -1.83. The third-order valence-electron chi connectivity index (χ3n) is 2.60. The standard InChI is InChI=1S/C11H17N3O4S/c1-3-14(7(2)4-9(15)16)10(17)12-5-8-6-19-11(18)13-8/h6-7H,3-5H2,1-2H3,(H,12,17)(H,13,18)(H,15,16). The van der Waals surface area contributed by atoms with Gasteiger partial charge in [0.1, 0.15) is 0 Å². The van der Waals surface area contributed by atoms with Gasteiger partial charge in [0.15, 0.2) is 0 Å². The van der Waals surface area contributed by atoms with Gasteiger partial charge in [-0.3, -0.25) is 9.59 Å². The number of nitrogens with one attached hydrogen (secondary N) is 2. The number of aromatic amines is 1. The number of aromatic nitrogens is 1. The first kappa shape index (κ1) is 15.2. The fraction of sp³-hybridized carbons (Fsp3) is 0.545. The monoisotopic (exact) mass is 287 g/mol. The lowest BCUT2D eigenvalue weighted by molar-refractivity contribution is -0.138. The average molecular weight is 287 g/mol. The van der Waals surface area contributed by atoms with E-state index in [0.717, 1.165) is 11.3 Å². The van der Waals surface area contributed by atoms with E-state index in [2.05, 4.69) is 10.3 Å². The summed E-state index contributed by atoms with van der Waals surface area (Å²) < 4.78 is 0. The number of rotatable bonds is 6. The predicted molar refractivity (Wildman–Crippen MR) is 71.3 cm³/mol. The van der Waals surface area contributed by atoms with Crippen LogP contribution in [0.2, 0.25) is 0 Å². The Morgan fingerprint density at radius 3 is 2.74 bits per heavy atom. The molecule has 2 amide bonds. The van der Waals surface area contributed by atoms with Crippen LogP contribution in [0.4, 0.5) is 4.79 Å². The molecule has 1 rings (SSSR count). The highest BCUT2D eigenvalue weighted by molar-refractivity contribution is 7.07. The number of carbonyl (C=O) groups excluding carboxylic acids is 1. The first-order valence-corrected chi connectivity index (χ1v) is 6.75. The van der Waals surface area contributed by atoms with Crippen LogP contribution >= 0.6 is 11.3 Å². The van der Waals surface area contributed by atoms with Gasteiger partial charge in [0.25, 0.3) is 0 Å². The first-order valence-electron chi connectivity index (χ1n) is 5.87. The molecule has 0 fully saturated rings. The van der Waals surface area contributed by atoms with E-state index in [1.165, 1.54) is 4.90 Å². The fourth-order valence-electron chi connectivity index (χ4n) is 1.69. The number of H-pyrrole nitrogens is 1. The van der Waals surface area contributed by atoms with Gasteiger partial charge in [0.2, 0.25) is 0 Å². The van der Waals surface area contributed by atoms with Gasteiger partial charge in [0, 0.05) is 23.7 Å². The molecule has 1 atom stereocenters. The van der Waals surface area contributed by atoms with Crippen LogP contribution in [0.15, 0.2) is 10.2 Å². The van der Waals surface area contributed by atoms with Crippen LogP contribution in [0.25, 0.3) is 0 Å². The van der Waals surface area contributed by atoms with Gasteiger partial charge in [-0.1, -0.05) is 11.3 Å². The van der Waals surface area contributed by atoms with Crippen molar-refractivity contribution in [3.63, 3.8) is 0 Å². The summed E-state index contributed by atoms with van der Waals surface area (Å²) in [6.45, 7) is 4.10. The number of hydrogen-bond donors (Lipinski definition) is 3. The van der Waals surface area contributed by atoms with Crippen molar-refractivity contribution in [1.29, 1.82) is 0 Å². The largest absolute Gasteiger partial charge is 0.481 e. The summed E-state index contributed by atoms with van der Waals surface area (Å²) in [4.78, 5) is 37.3. The molecule has 0 aliphatic heterocycles. The number of thiazole rings is 1. The lowest BCUT2D eigenvalue weighted by Crippen LogP contribution is -2.45. The second-order valence-corrected chi connectivity index (χ2v) is 4.91. The zero-order valence-electron chi connectivity index (χ0n) is 10.8. The third-order valence-corrected chi connectivity index (χ3v) is 3.32. The maximum absolute atomic E-state index is 11.9. The Bertz CT molecular complexity index is 496. The number of carboxylic acid groups (broad SMARTS) is 1. The van der Waals surface area contributed by atoms with Crippen LogP contribution in [0.5, 0.6) is 0 Å². The molecule has 0 aliphatic carbocycles. The number of nitrogens with zero attached hydrogens (tertiary/aromatic N) is 1. The summed E-state index contributed by atoms with van der Waals surface area (Å²) >= 11 is 1.03. The van der Waals surface area contributed by atoms with E-state index in [0.29, 0.717) is 12.2 Å². The van der Waals surface area contributed by atoms with Crippen molar-refractivity contribution in [1.82, 2.24) is 15.2 Å². The van der Waals surface area contributed by atoms with Crippen molar-refractivity contribution < 1.29 is 14.7 Å². The Labute approximate surface area is 114 Å². The molecule has 0 saturated carbocycles. The van der Waals surface area contributed by atoms with E-state index >= 15 is 0 Å². The molecule has 1 aromatic heterocycles. The molecule has 1 unspecified atom stereocenters. The van der Waals surface area contributed by atoms with Crippen molar-refractivity contribution in [3.05, 3.63) is 20.7 Å².